The molecule has 0 atom stereocenters. The SMILES string of the molecule is Cc1ccc(C)c(Cc2nnnn2C2(C(=O)O)CCC2)c1. The van der Waals surface area contributed by atoms with Crippen LogP contribution in [0, 0.1) is 13.8 Å². The van der Waals surface area contributed by atoms with Crippen LogP contribution in [0.2, 0.25) is 0 Å². The lowest BCUT2D eigenvalue weighted by atomic mass is 9.76. The second kappa shape index (κ2) is 4.95. The van der Waals surface area contributed by atoms with E-state index in [1.165, 1.54) is 10.2 Å². The summed E-state index contributed by atoms with van der Waals surface area (Å²) in [6.45, 7) is 4.08. The molecule has 0 spiro atoms. The first-order valence-electron chi connectivity index (χ1n) is 7.10. The second-order valence-electron chi connectivity index (χ2n) is 5.80. The van der Waals surface area contributed by atoms with Crippen molar-refractivity contribution in [2.24, 2.45) is 0 Å². The molecule has 6 heteroatoms. The summed E-state index contributed by atoms with van der Waals surface area (Å²) >= 11 is 0. The third-order valence-electron chi connectivity index (χ3n) is 4.37. The van der Waals surface area contributed by atoms with Crippen molar-refractivity contribution in [1.29, 1.82) is 0 Å². The number of benzene rings is 1. The van der Waals surface area contributed by atoms with Crippen LogP contribution >= 0.6 is 0 Å². The summed E-state index contributed by atoms with van der Waals surface area (Å²) < 4.78 is 1.51. The highest BCUT2D eigenvalue weighted by Crippen LogP contribution is 2.39. The number of hydrogen-bond donors (Lipinski definition) is 1. The van der Waals surface area contributed by atoms with E-state index in [4.69, 9.17) is 0 Å². The van der Waals surface area contributed by atoms with Gasteiger partial charge in [0.2, 0.25) is 0 Å². The van der Waals surface area contributed by atoms with E-state index in [-0.39, 0.29) is 0 Å². The highest BCUT2D eigenvalue weighted by atomic mass is 16.4. The van der Waals surface area contributed by atoms with E-state index in [9.17, 15) is 9.90 Å². The van der Waals surface area contributed by atoms with Crippen LogP contribution in [-0.2, 0) is 16.8 Å². The number of nitrogens with zero attached hydrogens (tertiary/aromatic N) is 4. The summed E-state index contributed by atoms with van der Waals surface area (Å²) in [4.78, 5) is 11.6. The molecule has 1 heterocycles. The van der Waals surface area contributed by atoms with Gasteiger partial charge in [0.1, 0.15) is 0 Å². The molecule has 1 aliphatic rings. The highest BCUT2D eigenvalue weighted by Gasteiger charge is 2.48. The van der Waals surface area contributed by atoms with Crippen molar-refractivity contribution in [2.75, 3.05) is 0 Å². The van der Waals surface area contributed by atoms with Gasteiger partial charge >= 0.3 is 5.97 Å². The van der Waals surface area contributed by atoms with Crippen LogP contribution in [0.1, 0.15) is 41.8 Å². The molecule has 1 aromatic carbocycles. The van der Waals surface area contributed by atoms with Crippen LogP contribution in [-0.4, -0.2) is 31.3 Å². The fourth-order valence-electron chi connectivity index (χ4n) is 2.84. The summed E-state index contributed by atoms with van der Waals surface area (Å²) in [5, 5.41) is 21.2. The summed E-state index contributed by atoms with van der Waals surface area (Å²) in [7, 11) is 0. The van der Waals surface area contributed by atoms with Crippen LogP contribution in [0.15, 0.2) is 18.2 Å². The molecular formula is C15H18N4O2. The minimum Gasteiger partial charge on any atom is -0.479 e. The Morgan fingerprint density at radius 3 is 2.76 bits per heavy atom. The third kappa shape index (κ3) is 2.20. The zero-order valence-electron chi connectivity index (χ0n) is 12.2. The number of carboxylic acid groups (broad SMARTS) is 1. The predicted molar refractivity (Wildman–Crippen MR) is 76.0 cm³/mol. The van der Waals surface area contributed by atoms with Gasteiger partial charge in [0.05, 0.1) is 0 Å². The largest absolute Gasteiger partial charge is 0.479 e. The van der Waals surface area contributed by atoms with Gasteiger partial charge in [-0.1, -0.05) is 23.8 Å². The van der Waals surface area contributed by atoms with E-state index in [1.54, 1.807) is 0 Å². The molecular weight excluding hydrogens is 268 g/mol. The standard InChI is InChI=1S/C15H18N4O2/c1-10-4-5-11(2)12(8-10)9-13-16-17-18-19(13)15(14(20)21)6-3-7-15/h4-5,8H,3,6-7,9H2,1-2H3,(H,20,21). The van der Waals surface area contributed by atoms with Crippen molar-refractivity contribution in [1.82, 2.24) is 20.2 Å². The molecule has 0 unspecified atom stereocenters. The summed E-state index contributed by atoms with van der Waals surface area (Å²) in [6, 6.07) is 6.23. The van der Waals surface area contributed by atoms with E-state index in [2.05, 4.69) is 33.7 Å². The monoisotopic (exact) mass is 286 g/mol. The van der Waals surface area contributed by atoms with E-state index >= 15 is 0 Å². The summed E-state index contributed by atoms with van der Waals surface area (Å²) in [6.07, 6.45) is 2.63. The molecule has 6 nitrogen and oxygen atoms in total. The van der Waals surface area contributed by atoms with Crippen LogP contribution < -0.4 is 0 Å². The smallest absolute Gasteiger partial charge is 0.331 e. The molecule has 1 aromatic heterocycles. The van der Waals surface area contributed by atoms with Crippen molar-refractivity contribution >= 4 is 5.97 Å². The molecule has 1 N–H and O–H groups in total. The third-order valence-corrected chi connectivity index (χ3v) is 4.37. The Labute approximate surface area is 122 Å². The van der Waals surface area contributed by atoms with E-state index in [0.717, 1.165) is 17.5 Å². The maximum Gasteiger partial charge on any atom is 0.331 e. The predicted octanol–water partition coefficient (Wildman–Crippen LogP) is 1.84. The van der Waals surface area contributed by atoms with Gasteiger partial charge in [-0.3, -0.25) is 0 Å². The van der Waals surface area contributed by atoms with Gasteiger partial charge < -0.3 is 5.11 Å². The molecule has 1 fully saturated rings. The zero-order valence-corrected chi connectivity index (χ0v) is 12.2. The second-order valence-corrected chi connectivity index (χ2v) is 5.80. The molecule has 110 valence electrons. The summed E-state index contributed by atoms with van der Waals surface area (Å²) in [5.74, 6) is -0.228. The van der Waals surface area contributed by atoms with Crippen LogP contribution in [0.5, 0.6) is 0 Å². The molecule has 0 amide bonds. The zero-order chi connectivity index (χ0) is 15.0. The molecule has 0 bridgehead atoms. The van der Waals surface area contributed by atoms with Crippen LogP contribution in [0.25, 0.3) is 0 Å². The van der Waals surface area contributed by atoms with Gasteiger partial charge in [0, 0.05) is 6.42 Å². The molecule has 0 aliphatic heterocycles. The van der Waals surface area contributed by atoms with E-state index in [0.29, 0.717) is 25.1 Å². The molecule has 0 saturated heterocycles. The Hall–Kier alpha value is -2.24. The lowest BCUT2D eigenvalue weighted by Gasteiger charge is -2.37. The quantitative estimate of drug-likeness (QED) is 0.927. The van der Waals surface area contributed by atoms with Gasteiger partial charge in [-0.05, 0) is 54.7 Å². The molecule has 1 aliphatic carbocycles. The molecule has 2 aromatic rings. The number of hydrogen-bond acceptors (Lipinski definition) is 4. The van der Waals surface area contributed by atoms with Gasteiger partial charge in [-0.15, -0.1) is 5.10 Å². The number of aliphatic carboxylic acids is 1. The molecule has 21 heavy (non-hydrogen) atoms. The number of rotatable bonds is 4. The Kier molecular flexibility index (Phi) is 3.23. The van der Waals surface area contributed by atoms with Crippen molar-refractivity contribution in [3.8, 4) is 0 Å². The Morgan fingerprint density at radius 2 is 2.14 bits per heavy atom. The molecule has 3 rings (SSSR count). The normalized spacial score (nSPS) is 16.5. The van der Waals surface area contributed by atoms with Gasteiger partial charge in [-0.25, -0.2) is 9.48 Å². The first-order chi connectivity index (χ1) is 10.0. The van der Waals surface area contributed by atoms with Crippen molar-refractivity contribution in [3.63, 3.8) is 0 Å². The number of aromatic nitrogens is 4. The first-order valence-corrected chi connectivity index (χ1v) is 7.10. The number of aryl methyl sites for hydroxylation is 2. The maximum atomic E-state index is 11.6. The van der Waals surface area contributed by atoms with Crippen molar-refractivity contribution in [3.05, 3.63) is 40.7 Å². The van der Waals surface area contributed by atoms with Crippen LogP contribution in [0.3, 0.4) is 0 Å². The Balaban J connectivity index is 1.96. The molecule has 0 radical (unpaired) electrons. The first kappa shape index (κ1) is 13.7. The van der Waals surface area contributed by atoms with Crippen molar-refractivity contribution < 1.29 is 9.90 Å². The minimum atomic E-state index is -0.948. The van der Waals surface area contributed by atoms with Gasteiger partial charge in [0.25, 0.3) is 0 Å². The van der Waals surface area contributed by atoms with Crippen LogP contribution in [0.4, 0.5) is 0 Å². The minimum absolute atomic E-state index is 0.551. The summed E-state index contributed by atoms with van der Waals surface area (Å²) in [5.41, 5.74) is 2.52. The topological polar surface area (TPSA) is 80.9 Å². The molecule has 1 saturated carbocycles. The average molecular weight is 286 g/mol. The van der Waals surface area contributed by atoms with E-state index in [1.807, 2.05) is 13.8 Å². The Bertz CT molecular complexity index is 689. The van der Waals surface area contributed by atoms with Crippen molar-refractivity contribution in [2.45, 2.75) is 45.1 Å². The number of carbonyl (C=O) groups is 1. The lowest BCUT2D eigenvalue weighted by molar-refractivity contribution is -0.153. The lowest BCUT2D eigenvalue weighted by Crippen LogP contribution is -2.49. The fourth-order valence-corrected chi connectivity index (χ4v) is 2.84. The average Bonchev–Trinajstić information content (AvgIpc) is 2.81. The number of carboxylic acids is 1. The van der Waals surface area contributed by atoms with Gasteiger partial charge in [0.15, 0.2) is 11.4 Å². The van der Waals surface area contributed by atoms with Gasteiger partial charge in [-0.2, -0.15) is 0 Å². The Morgan fingerprint density at radius 1 is 1.38 bits per heavy atom. The maximum absolute atomic E-state index is 11.6. The fraction of sp³-hybridized carbons (Fsp3) is 0.467. The highest BCUT2D eigenvalue weighted by molar-refractivity contribution is 5.77. The number of tetrazole rings is 1. The van der Waals surface area contributed by atoms with E-state index < -0.39 is 11.5 Å².